The summed E-state index contributed by atoms with van der Waals surface area (Å²) in [5.41, 5.74) is 2.34. The molecule has 1 aliphatic rings. The first kappa shape index (κ1) is 12.6. The Balaban J connectivity index is 1.92. The van der Waals surface area contributed by atoms with Gasteiger partial charge in [0.2, 0.25) is 0 Å². The molecule has 0 saturated heterocycles. The molecule has 0 aromatic carbocycles. The second kappa shape index (κ2) is 4.42. The molecule has 1 heterocycles. The summed E-state index contributed by atoms with van der Waals surface area (Å²) in [7, 11) is 1.98. The van der Waals surface area contributed by atoms with Crippen molar-refractivity contribution in [2.75, 3.05) is 0 Å². The van der Waals surface area contributed by atoms with E-state index in [1.807, 2.05) is 11.7 Å². The van der Waals surface area contributed by atoms with Crippen LogP contribution in [0.15, 0.2) is 6.07 Å². The van der Waals surface area contributed by atoms with Crippen molar-refractivity contribution in [1.29, 1.82) is 0 Å². The number of aryl methyl sites for hydroxylation is 2. The lowest BCUT2D eigenvalue weighted by atomic mass is 9.64. The van der Waals surface area contributed by atoms with Crippen molar-refractivity contribution in [3.8, 4) is 0 Å². The number of aliphatic hydroxyl groups excluding tert-OH is 1. The Labute approximate surface area is 103 Å². The van der Waals surface area contributed by atoms with Gasteiger partial charge in [-0.25, -0.2) is 0 Å². The van der Waals surface area contributed by atoms with Crippen molar-refractivity contribution < 1.29 is 5.11 Å². The van der Waals surface area contributed by atoms with Gasteiger partial charge >= 0.3 is 0 Å². The van der Waals surface area contributed by atoms with E-state index in [9.17, 15) is 5.11 Å². The lowest BCUT2D eigenvalue weighted by Gasteiger charge is -2.49. The third-order valence-corrected chi connectivity index (χ3v) is 4.14. The van der Waals surface area contributed by atoms with Crippen LogP contribution in [0.4, 0.5) is 0 Å². The Kier molecular flexibility index (Phi) is 3.27. The maximum atomic E-state index is 9.68. The van der Waals surface area contributed by atoms with E-state index in [-0.39, 0.29) is 11.5 Å². The highest BCUT2D eigenvalue weighted by atomic mass is 16.3. The Hall–Kier alpha value is -0.870. The molecule has 2 unspecified atom stereocenters. The van der Waals surface area contributed by atoms with Crippen molar-refractivity contribution in [2.24, 2.45) is 12.5 Å². The molecule has 96 valence electrons. The molecule has 0 bridgehead atoms. The third kappa shape index (κ3) is 2.24. The van der Waals surface area contributed by atoms with E-state index in [4.69, 9.17) is 0 Å². The van der Waals surface area contributed by atoms with Crippen molar-refractivity contribution in [2.45, 2.75) is 52.3 Å². The molecule has 1 aromatic rings. The number of hydrogen-bond acceptors (Lipinski definition) is 3. The van der Waals surface area contributed by atoms with Crippen molar-refractivity contribution in [3.63, 3.8) is 0 Å². The summed E-state index contributed by atoms with van der Waals surface area (Å²) in [5.74, 6) is 0. The normalized spacial score (nSPS) is 26.9. The minimum atomic E-state index is -0.169. The Bertz CT molecular complexity index is 397. The lowest BCUT2D eigenvalue weighted by molar-refractivity contribution is -0.0731. The predicted octanol–water partition coefficient (Wildman–Crippen LogP) is 1.23. The summed E-state index contributed by atoms with van der Waals surface area (Å²) in [6, 6.07) is 2.55. The standard InChI is InChI=1S/C13H23N3O/c1-5-9-6-10(16(4)15-9)8-14-11-7-12(17)13(11,2)3/h6,11-12,14,17H,5,7-8H2,1-4H3. The van der Waals surface area contributed by atoms with Gasteiger partial charge in [0.15, 0.2) is 0 Å². The zero-order valence-electron chi connectivity index (χ0n) is 11.2. The van der Waals surface area contributed by atoms with Gasteiger partial charge < -0.3 is 10.4 Å². The van der Waals surface area contributed by atoms with Crippen LogP contribution in [0.25, 0.3) is 0 Å². The first-order valence-corrected chi connectivity index (χ1v) is 6.38. The molecule has 0 radical (unpaired) electrons. The van der Waals surface area contributed by atoms with Gasteiger partial charge in [0.05, 0.1) is 17.5 Å². The van der Waals surface area contributed by atoms with Crippen molar-refractivity contribution >= 4 is 0 Å². The number of rotatable bonds is 4. The van der Waals surface area contributed by atoms with Gasteiger partial charge in [-0.15, -0.1) is 0 Å². The molecule has 0 aliphatic heterocycles. The van der Waals surface area contributed by atoms with Crippen LogP contribution in [0.2, 0.25) is 0 Å². The number of hydrogen-bond donors (Lipinski definition) is 2. The highest BCUT2D eigenvalue weighted by Crippen LogP contribution is 2.40. The second-order valence-electron chi connectivity index (χ2n) is 5.61. The molecule has 1 aromatic heterocycles. The number of nitrogens with zero attached hydrogens (tertiary/aromatic N) is 2. The highest BCUT2D eigenvalue weighted by molar-refractivity contribution is 5.11. The maximum absolute atomic E-state index is 9.68. The SMILES string of the molecule is CCc1cc(CNC2CC(O)C2(C)C)n(C)n1. The molecule has 4 heteroatoms. The van der Waals surface area contributed by atoms with E-state index >= 15 is 0 Å². The monoisotopic (exact) mass is 237 g/mol. The molecule has 2 N–H and O–H groups in total. The van der Waals surface area contributed by atoms with E-state index in [2.05, 4.69) is 37.3 Å². The lowest BCUT2D eigenvalue weighted by Crippen LogP contribution is -2.59. The molecule has 0 spiro atoms. The summed E-state index contributed by atoms with van der Waals surface area (Å²) in [4.78, 5) is 0. The van der Waals surface area contributed by atoms with Gasteiger partial charge in [-0.1, -0.05) is 20.8 Å². The Morgan fingerprint density at radius 1 is 1.59 bits per heavy atom. The first-order valence-electron chi connectivity index (χ1n) is 6.38. The fraction of sp³-hybridized carbons (Fsp3) is 0.769. The fourth-order valence-corrected chi connectivity index (χ4v) is 2.39. The molecule has 1 fully saturated rings. The molecule has 4 nitrogen and oxygen atoms in total. The minimum absolute atomic E-state index is 0.00776. The third-order valence-electron chi connectivity index (χ3n) is 4.14. The quantitative estimate of drug-likeness (QED) is 0.828. The summed E-state index contributed by atoms with van der Waals surface area (Å²) in [5, 5.41) is 17.6. The minimum Gasteiger partial charge on any atom is -0.392 e. The molecule has 1 aliphatic carbocycles. The van der Waals surface area contributed by atoms with E-state index in [0.29, 0.717) is 6.04 Å². The second-order valence-corrected chi connectivity index (χ2v) is 5.61. The van der Waals surface area contributed by atoms with Crippen LogP contribution in [0.3, 0.4) is 0 Å². The van der Waals surface area contributed by atoms with Gasteiger partial charge in [0, 0.05) is 25.0 Å². The van der Waals surface area contributed by atoms with Gasteiger partial charge in [-0.3, -0.25) is 4.68 Å². The van der Waals surface area contributed by atoms with Gasteiger partial charge in [0.25, 0.3) is 0 Å². The molecule has 2 rings (SSSR count). The van der Waals surface area contributed by atoms with Gasteiger partial charge in [0.1, 0.15) is 0 Å². The van der Waals surface area contributed by atoms with Crippen LogP contribution in [-0.2, 0) is 20.0 Å². The largest absolute Gasteiger partial charge is 0.392 e. The van der Waals surface area contributed by atoms with Crippen LogP contribution >= 0.6 is 0 Å². The van der Waals surface area contributed by atoms with Crippen molar-refractivity contribution in [1.82, 2.24) is 15.1 Å². The molecule has 1 saturated carbocycles. The van der Waals surface area contributed by atoms with Gasteiger partial charge in [-0.2, -0.15) is 5.10 Å². The fourth-order valence-electron chi connectivity index (χ4n) is 2.39. The summed E-state index contributed by atoms with van der Waals surface area (Å²) >= 11 is 0. The Morgan fingerprint density at radius 3 is 2.76 bits per heavy atom. The number of aliphatic hydroxyl groups is 1. The Morgan fingerprint density at radius 2 is 2.29 bits per heavy atom. The topological polar surface area (TPSA) is 50.1 Å². The van der Waals surface area contributed by atoms with Crippen LogP contribution in [0.1, 0.15) is 38.6 Å². The zero-order valence-corrected chi connectivity index (χ0v) is 11.2. The molecule has 17 heavy (non-hydrogen) atoms. The zero-order chi connectivity index (χ0) is 12.6. The van der Waals surface area contributed by atoms with Crippen LogP contribution in [0.5, 0.6) is 0 Å². The number of aromatic nitrogens is 2. The summed E-state index contributed by atoms with van der Waals surface area (Å²) in [6.45, 7) is 7.16. The molecule has 2 atom stereocenters. The van der Waals surface area contributed by atoms with E-state index in [1.54, 1.807) is 0 Å². The average molecular weight is 237 g/mol. The average Bonchev–Trinajstić information content (AvgIpc) is 2.65. The van der Waals surface area contributed by atoms with Gasteiger partial charge in [-0.05, 0) is 18.9 Å². The first-order chi connectivity index (χ1) is 7.95. The summed E-state index contributed by atoms with van der Waals surface area (Å²) in [6.07, 6.45) is 1.66. The molecular weight excluding hydrogens is 214 g/mol. The number of nitrogens with one attached hydrogen (secondary N) is 1. The molecule has 0 amide bonds. The van der Waals surface area contributed by atoms with Crippen LogP contribution in [-0.4, -0.2) is 27.0 Å². The van der Waals surface area contributed by atoms with Crippen LogP contribution in [0, 0.1) is 5.41 Å². The predicted molar refractivity (Wildman–Crippen MR) is 67.6 cm³/mol. The van der Waals surface area contributed by atoms with Crippen molar-refractivity contribution in [3.05, 3.63) is 17.5 Å². The molecular formula is C13H23N3O. The van der Waals surface area contributed by atoms with E-state index < -0.39 is 0 Å². The smallest absolute Gasteiger partial charge is 0.0625 e. The highest BCUT2D eigenvalue weighted by Gasteiger charge is 2.46. The van der Waals surface area contributed by atoms with E-state index in [0.717, 1.165) is 25.1 Å². The van der Waals surface area contributed by atoms with E-state index in [1.165, 1.54) is 5.69 Å². The summed E-state index contributed by atoms with van der Waals surface area (Å²) < 4.78 is 1.94. The van der Waals surface area contributed by atoms with Crippen LogP contribution < -0.4 is 5.32 Å². The maximum Gasteiger partial charge on any atom is 0.0625 e.